The van der Waals surface area contributed by atoms with Gasteiger partial charge in [-0.2, -0.15) is 0 Å². The summed E-state index contributed by atoms with van der Waals surface area (Å²) in [5, 5.41) is 11.7. The Hall–Kier alpha value is -1.36. The molecule has 22 heavy (non-hydrogen) atoms. The highest BCUT2D eigenvalue weighted by Crippen LogP contribution is 2.51. The largest absolute Gasteiger partial charge is 0.477 e. The average molecular weight is 311 g/mol. The first-order chi connectivity index (χ1) is 10.0. The van der Waals surface area contributed by atoms with Crippen LogP contribution < -0.4 is 5.32 Å². The fourth-order valence-corrected chi connectivity index (χ4v) is 2.48. The molecule has 1 saturated carbocycles. The van der Waals surface area contributed by atoms with Gasteiger partial charge in [0.05, 0.1) is 27.7 Å². The van der Waals surface area contributed by atoms with Crippen LogP contribution in [0.3, 0.4) is 0 Å². The van der Waals surface area contributed by atoms with Crippen LogP contribution in [0.2, 0.25) is 0 Å². The van der Waals surface area contributed by atoms with Crippen molar-refractivity contribution in [2.75, 3.05) is 27.7 Å². The summed E-state index contributed by atoms with van der Waals surface area (Å²) in [6, 6.07) is 0. The molecule has 0 spiro atoms. The third-order valence-corrected chi connectivity index (χ3v) is 4.20. The number of nitrogens with one attached hydrogen (secondary N) is 1. The van der Waals surface area contributed by atoms with Crippen molar-refractivity contribution in [1.29, 1.82) is 0 Å². The summed E-state index contributed by atoms with van der Waals surface area (Å²) in [6.07, 6.45) is 6.30. The van der Waals surface area contributed by atoms with Crippen LogP contribution in [0, 0.1) is 11.3 Å². The molecule has 0 saturated heterocycles. The summed E-state index contributed by atoms with van der Waals surface area (Å²) >= 11 is 0. The van der Waals surface area contributed by atoms with E-state index in [9.17, 15) is 14.7 Å². The maximum Gasteiger partial charge on any atom is 0.352 e. The molecule has 1 aliphatic rings. The summed E-state index contributed by atoms with van der Waals surface area (Å²) in [5.74, 6) is -1.28. The number of carboxylic acids is 1. The van der Waals surface area contributed by atoms with Gasteiger partial charge in [-0.05, 0) is 37.5 Å². The Morgan fingerprint density at radius 2 is 1.82 bits per heavy atom. The lowest BCUT2D eigenvalue weighted by Gasteiger charge is -2.23. The Morgan fingerprint density at radius 3 is 2.27 bits per heavy atom. The van der Waals surface area contributed by atoms with E-state index in [0.29, 0.717) is 6.42 Å². The molecule has 0 radical (unpaired) electrons. The smallest absolute Gasteiger partial charge is 0.352 e. The van der Waals surface area contributed by atoms with Crippen LogP contribution >= 0.6 is 0 Å². The summed E-state index contributed by atoms with van der Waals surface area (Å²) < 4.78 is 0.948. The number of hydrogen-bond acceptors (Lipinski definition) is 2. The highest BCUT2D eigenvalue weighted by Gasteiger charge is 2.50. The lowest BCUT2D eigenvalue weighted by Crippen LogP contribution is -2.35. The first-order valence-electron chi connectivity index (χ1n) is 8.08. The third kappa shape index (κ3) is 6.60. The van der Waals surface area contributed by atoms with E-state index in [-0.39, 0.29) is 22.9 Å². The Bertz CT molecular complexity index is 447. The van der Waals surface area contributed by atoms with Gasteiger partial charge in [-0.15, -0.1) is 0 Å². The monoisotopic (exact) mass is 311 g/mol. The van der Waals surface area contributed by atoms with Crippen LogP contribution in [0.5, 0.6) is 0 Å². The predicted octanol–water partition coefficient (Wildman–Crippen LogP) is 2.38. The van der Waals surface area contributed by atoms with Crippen molar-refractivity contribution in [2.45, 2.75) is 46.0 Å². The number of carbonyl (C=O) groups is 2. The lowest BCUT2D eigenvalue weighted by molar-refractivity contribution is -0.870. The van der Waals surface area contributed by atoms with Gasteiger partial charge in [0, 0.05) is 5.92 Å². The predicted molar refractivity (Wildman–Crippen MR) is 87.1 cm³/mol. The highest BCUT2D eigenvalue weighted by atomic mass is 16.4. The summed E-state index contributed by atoms with van der Waals surface area (Å²) in [4.78, 5) is 23.2. The number of allylic oxidation sites excluding steroid dienone is 1. The number of amides is 1. The minimum atomic E-state index is -1.06. The molecule has 1 fully saturated rings. The van der Waals surface area contributed by atoms with E-state index in [1.807, 2.05) is 13.8 Å². The normalized spacial score (nSPS) is 20.6. The van der Waals surface area contributed by atoms with Crippen LogP contribution in [0.15, 0.2) is 11.8 Å². The molecule has 0 bridgehead atoms. The molecule has 5 heteroatoms. The molecule has 1 atom stereocenters. The molecule has 5 nitrogen and oxygen atoms in total. The Kier molecular flexibility index (Phi) is 6.17. The summed E-state index contributed by atoms with van der Waals surface area (Å²) in [5.41, 5.74) is 0.0399. The van der Waals surface area contributed by atoms with Crippen LogP contribution in [0.4, 0.5) is 0 Å². The molecule has 126 valence electrons. The zero-order valence-corrected chi connectivity index (χ0v) is 14.6. The molecule has 1 amide bonds. The number of unbranched alkanes of at least 4 members (excludes halogenated alkanes) is 3. The maximum absolute atomic E-state index is 12.0. The quantitative estimate of drug-likeness (QED) is 0.390. The van der Waals surface area contributed by atoms with E-state index >= 15 is 0 Å². The standard InChI is InChI=1S/C17H30N2O3/c1-17(2)12-13(17)15(20)18-14(16(21)22)10-8-6-7-9-11-19(3,4)5/h10,13H,6-9,11-12H2,1-5H3,(H-,18,20,21,22)/p+1/b14-10+. The number of rotatable bonds is 9. The average Bonchev–Trinajstić information content (AvgIpc) is 2.99. The molecule has 2 N–H and O–H groups in total. The minimum Gasteiger partial charge on any atom is -0.477 e. The molecule has 1 aliphatic carbocycles. The minimum absolute atomic E-state index is 0.0128. The van der Waals surface area contributed by atoms with Crippen LogP contribution in [0.25, 0.3) is 0 Å². The summed E-state index contributed by atoms with van der Waals surface area (Å²) in [7, 11) is 6.49. The van der Waals surface area contributed by atoms with Crippen LogP contribution in [-0.4, -0.2) is 49.2 Å². The van der Waals surface area contributed by atoms with Gasteiger partial charge in [0.1, 0.15) is 5.70 Å². The van der Waals surface area contributed by atoms with Crippen molar-refractivity contribution >= 4 is 11.9 Å². The second-order valence-electron chi connectivity index (χ2n) is 8.02. The zero-order chi connectivity index (χ0) is 17.0. The Labute approximate surface area is 134 Å². The van der Waals surface area contributed by atoms with Crippen molar-refractivity contribution in [3.63, 3.8) is 0 Å². The van der Waals surface area contributed by atoms with Gasteiger partial charge in [0.2, 0.25) is 5.91 Å². The second-order valence-corrected chi connectivity index (χ2v) is 8.02. The summed E-state index contributed by atoms with van der Waals surface area (Å²) in [6.45, 7) is 5.16. The fraction of sp³-hybridized carbons (Fsp3) is 0.765. The van der Waals surface area contributed by atoms with E-state index in [4.69, 9.17) is 0 Å². The van der Waals surface area contributed by atoms with Crippen molar-refractivity contribution < 1.29 is 19.2 Å². The van der Waals surface area contributed by atoms with Gasteiger partial charge in [-0.25, -0.2) is 4.79 Å². The number of quaternary nitrogens is 1. The molecule has 0 aliphatic heterocycles. The number of aliphatic carboxylic acids is 1. The molecule has 0 aromatic rings. The molecule has 1 unspecified atom stereocenters. The van der Waals surface area contributed by atoms with Crippen molar-refractivity contribution in [3.05, 3.63) is 11.8 Å². The van der Waals surface area contributed by atoms with Gasteiger partial charge < -0.3 is 14.9 Å². The van der Waals surface area contributed by atoms with Crippen LogP contribution in [0.1, 0.15) is 46.0 Å². The highest BCUT2D eigenvalue weighted by molar-refractivity contribution is 5.94. The number of carboxylic acid groups (broad SMARTS) is 1. The molecular weight excluding hydrogens is 280 g/mol. The zero-order valence-electron chi connectivity index (χ0n) is 14.6. The van der Waals surface area contributed by atoms with Gasteiger partial charge in [0.15, 0.2) is 0 Å². The number of carbonyl (C=O) groups excluding carboxylic acids is 1. The first kappa shape index (κ1) is 18.7. The lowest BCUT2D eigenvalue weighted by atomic mass is 10.1. The van der Waals surface area contributed by atoms with Gasteiger partial charge in [-0.1, -0.05) is 19.9 Å². The van der Waals surface area contributed by atoms with Crippen LogP contribution in [-0.2, 0) is 9.59 Å². The Balaban J connectivity index is 2.34. The fourth-order valence-electron chi connectivity index (χ4n) is 2.48. The first-order valence-corrected chi connectivity index (χ1v) is 8.08. The van der Waals surface area contributed by atoms with Gasteiger partial charge >= 0.3 is 5.97 Å². The third-order valence-electron chi connectivity index (χ3n) is 4.20. The van der Waals surface area contributed by atoms with E-state index in [1.54, 1.807) is 6.08 Å². The van der Waals surface area contributed by atoms with E-state index in [1.165, 1.54) is 0 Å². The maximum atomic E-state index is 12.0. The molecule has 0 aromatic carbocycles. The number of nitrogens with zero attached hydrogens (tertiary/aromatic N) is 1. The van der Waals surface area contributed by atoms with Gasteiger partial charge in [0.25, 0.3) is 0 Å². The van der Waals surface area contributed by atoms with Gasteiger partial charge in [-0.3, -0.25) is 4.79 Å². The van der Waals surface area contributed by atoms with Crippen molar-refractivity contribution in [1.82, 2.24) is 5.32 Å². The Morgan fingerprint density at radius 1 is 1.23 bits per heavy atom. The molecular formula is C17H31N2O3+. The second kappa shape index (κ2) is 7.27. The topological polar surface area (TPSA) is 66.4 Å². The molecule has 1 rings (SSSR count). The van der Waals surface area contributed by atoms with E-state index < -0.39 is 5.97 Å². The molecule has 0 heterocycles. The van der Waals surface area contributed by atoms with E-state index in [0.717, 1.165) is 36.7 Å². The van der Waals surface area contributed by atoms with Crippen molar-refractivity contribution in [3.8, 4) is 0 Å². The SMILES string of the molecule is CC1(C)CC1C(=O)N/C(=C/CCCCC[N+](C)(C)C)C(=O)O. The van der Waals surface area contributed by atoms with E-state index in [2.05, 4.69) is 26.5 Å². The van der Waals surface area contributed by atoms with Crippen molar-refractivity contribution in [2.24, 2.45) is 11.3 Å². The molecule has 0 aromatic heterocycles. The number of hydrogen-bond donors (Lipinski definition) is 2.